The van der Waals surface area contributed by atoms with Gasteiger partial charge in [-0.3, -0.25) is 4.79 Å². The molecule has 0 saturated heterocycles. The highest BCUT2D eigenvalue weighted by molar-refractivity contribution is 7.89. The summed E-state index contributed by atoms with van der Waals surface area (Å²) >= 11 is 0. The lowest BCUT2D eigenvalue weighted by Gasteiger charge is -2.27. The van der Waals surface area contributed by atoms with Gasteiger partial charge in [-0.25, -0.2) is 13.1 Å². The van der Waals surface area contributed by atoms with E-state index in [1.54, 1.807) is 6.92 Å². The van der Waals surface area contributed by atoms with E-state index in [1.165, 1.54) is 7.11 Å². The Hall–Kier alpha value is -0.660. The fourth-order valence-electron chi connectivity index (χ4n) is 2.08. The molecule has 7 heteroatoms. The Morgan fingerprint density at radius 3 is 2.76 bits per heavy atom. The summed E-state index contributed by atoms with van der Waals surface area (Å²) in [6.45, 7) is 1.69. The van der Waals surface area contributed by atoms with E-state index < -0.39 is 27.4 Å². The Morgan fingerprint density at radius 1 is 1.59 bits per heavy atom. The van der Waals surface area contributed by atoms with Crippen molar-refractivity contribution in [2.75, 3.05) is 19.5 Å². The third kappa shape index (κ3) is 3.40. The van der Waals surface area contributed by atoms with Crippen LogP contribution in [0.15, 0.2) is 0 Å². The van der Waals surface area contributed by atoms with Crippen LogP contribution in [0.1, 0.15) is 26.2 Å². The second-order valence-corrected chi connectivity index (χ2v) is 6.47. The number of carboxylic acids is 1. The second-order valence-electron chi connectivity index (χ2n) is 4.60. The van der Waals surface area contributed by atoms with Crippen molar-refractivity contribution in [3.05, 3.63) is 0 Å². The largest absolute Gasteiger partial charge is 0.481 e. The Balaban J connectivity index is 2.71. The number of ether oxygens (including phenoxy) is 1. The Kier molecular flexibility index (Phi) is 4.51. The van der Waals surface area contributed by atoms with Crippen LogP contribution < -0.4 is 4.72 Å². The quantitative estimate of drug-likeness (QED) is 0.715. The minimum absolute atomic E-state index is 0.103. The fraction of sp³-hybridized carbons (Fsp3) is 0.900. The monoisotopic (exact) mass is 265 g/mol. The van der Waals surface area contributed by atoms with Crippen LogP contribution in [0, 0.1) is 5.41 Å². The molecule has 2 N–H and O–H groups in total. The van der Waals surface area contributed by atoms with Crippen LogP contribution in [0.2, 0.25) is 0 Å². The molecular weight excluding hydrogens is 246 g/mol. The van der Waals surface area contributed by atoms with E-state index in [2.05, 4.69) is 4.72 Å². The van der Waals surface area contributed by atoms with Crippen molar-refractivity contribution in [2.24, 2.45) is 5.41 Å². The summed E-state index contributed by atoms with van der Waals surface area (Å²) in [6, 6.07) is -0.526. The van der Waals surface area contributed by atoms with Crippen molar-refractivity contribution in [2.45, 2.75) is 32.2 Å². The number of carbonyl (C=O) groups is 1. The third-order valence-corrected chi connectivity index (χ3v) is 4.67. The number of methoxy groups -OCH3 is 1. The van der Waals surface area contributed by atoms with Crippen LogP contribution in [0.25, 0.3) is 0 Å². The van der Waals surface area contributed by atoms with Crippen molar-refractivity contribution in [3.63, 3.8) is 0 Å². The van der Waals surface area contributed by atoms with Gasteiger partial charge in [0.05, 0.1) is 17.8 Å². The van der Waals surface area contributed by atoms with E-state index in [4.69, 9.17) is 9.84 Å². The van der Waals surface area contributed by atoms with Gasteiger partial charge < -0.3 is 9.84 Å². The number of hydrogen-bond acceptors (Lipinski definition) is 4. The minimum atomic E-state index is -3.47. The first-order valence-electron chi connectivity index (χ1n) is 5.54. The molecule has 0 aliphatic heterocycles. The number of aliphatic carboxylic acids is 1. The molecule has 0 radical (unpaired) electrons. The van der Waals surface area contributed by atoms with Crippen molar-refractivity contribution in [1.82, 2.24) is 4.72 Å². The van der Waals surface area contributed by atoms with E-state index in [0.29, 0.717) is 12.8 Å². The molecule has 0 bridgehead atoms. The summed E-state index contributed by atoms with van der Waals surface area (Å²) in [5.74, 6) is -1.09. The molecule has 0 aromatic heterocycles. The van der Waals surface area contributed by atoms with Crippen LogP contribution in [-0.2, 0) is 19.6 Å². The van der Waals surface area contributed by atoms with Gasteiger partial charge in [0.1, 0.15) is 0 Å². The molecule has 6 nitrogen and oxygen atoms in total. The van der Waals surface area contributed by atoms with E-state index in [9.17, 15) is 13.2 Å². The van der Waals surface area contributed by atoms with Crippen molar-refractivity contribution in [3.8, 4) is 0 Å². The number of sulfonamides is 1. The van der Waals surface area contributed by atoms with E-state index in [-0.39, 0.29) is 12.4 Å². The zero-order valence-electron chi connectivity index (χ0n) is 10.1. The first kappa shape index (κ1) is 14.4. The molecular formula is C10H19NO5S. The van der Waals surface area contributed by atoms with Crippen molar-refractivity contribution in [1.29, 1.82) is 0 Å². The Bertz CT molecular complexity index is 380. The topological polar surface area (TPSA) is 92.7 Å². The lowest BCUT2D eigenvalue weighted by Crippen LogP contribution is -2.47. The van der Waals surface area contributed by atoms with Crippen molar-refractivity contribution < 1.29 is 23.1 Å². The summed E-state index contributed by atoms with van der Waals surface area (Å²) in [7, 11) is -2.05. The first-order valence-corrected chi connectivity index (χ1v) is 7.19. The molecule has 2 atom stereocenters. The highest BCUT2D eigenvalue weighted by atomic mass is 32.2. The van der Waals surface area contributed by atoms with Gasteiger partial charge in [-0.05, 0) is 19.8 Å². The number of hydrogen-bond donors (Lipinski definition) is 2. The minimum Gasteiger partial charge on any atom is -0.481 e. The average molecular weight is 265 g/mol. The highest BCUT2D eigenvalue weighted by Crippen LogP contribution is 2.38. The Labute approximate surface area is 101 Å². The molecule has 0 heterocycles. The first-order chi connectivity index (χ1) is 7.82. The second kappa shape index (κ2) is 5.32. The lowest BCUT2D eigenvalue weighted by atomic mass is 9.85. The van der Waals surface area contributed by atoms with Crippen LogP contribution in [-0.4, -0.2) is 45.0 Å². The van der Waals surface area contributed by atoms with Crippen LogP contribution in [0.4, 0.5) is 0 Å². The summed E-state index contributed by atoms with van der Waals surface area (Å²) in [4.78, 5) is 11.2. The molecule has 0 aromatic carbocycles. The van der Waals surface area contributed by atoms with E-state index in [1.807, 2.05) is 0 Å². The summed E-state index contributed by atoms with van der Waals surface area (Å²) < 4.78 is 30.5. The summed E-state index contributed by atoms with van der Waals surface area (Å²) in [6.07, 6.45) is 1.79. The molecule has 2 unspecified atom stereocenters. The van der Waals surface area contributed by atoms with Crippen LogP contribution >= 0.6 is 0 Å². The summed E-state index contributed by atoms with van der Waals surface area (Å²) in [5, 5.41) is 9.16. The molecule has 100 valence electrons. The molecule has 0 spiro atoms. The average Bonchev–Trinajstić information content (AvgIpc) is 2.58. The molecule has 1 rings (SSSR count). The van der Waals surface area contributed by atoms with Crippen molar-refractivity contribution >= 4 is 16.0 Å². The zero-order chi connectivity index (χ0) is 13.1. The molecule has 0 amide bonds. The van der Waals surface area contributed by atoms with Gasteiger partial charge in [0.25, 0.3) is 0 Å². The standard InChI is InChI=1S/C10H19NO5S/c1-10(9(12)13)5-3-4-8(10)11-17(14,15)7-6-16-2/h8,11H,3-7H2,1-2H3,(H,12,13). The maximum Gasteiger partial charge on any atom is 0.310 e. The number of carboxylic acid groups (broad SMARTS) is 1. The van der Waals surface area contributed by atoms with E-state index in [0.717, 1.165) is 6.42 Å². The maximum atomic E-state index is 11.7. The van der Waals surface area contributed by atoms with Crippen LogP contribution in [0.3, 0.4) is 0 Å². The smallest absolute Gasteiger partial charge is 0.310 e. The van der Waals surface area contributed by atoms with E-state index >= 15 is 0 Å². The molecule has 1 fully saturated rings. The van der Waals surface area contributed by atoms with Gasteiger partial charge in [-0.1, -0.05) is 6.42 Å². The number of rotatable bonds is 6. The molecule has 1 saturated carbocycles. The highest BCUT2D eigenvalue weighted by Gasteiger charge is 2.46. The van der Waals surface area contributed by atoms with Gasteiger partial charge >= 0.3 is 5.97 Å². The van der Waals surface area contributed by atoms with Gasteiger partial charge in [0.15, 0.2) is 0 Å². The Morgan fingerprint density at radius 2 is 2.24 bits per heavy atom. The summed E-state index contributed by atoms with van der Waals surface area (Å²) in [5.41, 5.74) is -1.000. The van der Waals surface area contributed by atoms with Gasteiger partial charge in [0.2, 0.25) is 10.0 Å². The normalized spacial score (nSPS) is 29.4. The van der Waals surface area contributed by atoms with Gasteiger partial charge in [-0.2, -0.15) is 0 Å². The number of nitrogens with one attached hydrogen (secondary N) is 1. The predicted molar refractivity (Wildman–Crippen MR) is 62.2 cm³/mol. The maximum absolute atomic E-state index is 11.7. The van der Waals surface area contributed by atoms with Crippen LogP contribution in [0.5, 0.6) is 0 Å². The third-order valence-electron chi connectivity index (χ3n) is 3.32. The zero-order valence-corrected chi connectivity index (χ0v) is 10.9. The van der Waals surface area contributed by atoms with Gasteiger partial charge in [0, 0.05) is 13.2 Å². The SMILES string of the molecule is COCCS(=O)(=O)NC1CCCC1(C)C(=O)O. The lowest BCUT2D eigenvalue weighted by molar-refractivity contribution is -0.148. The molecule has 1 aliphatic carbocycles. The fourth-order valence-corrected chi connectivity index (χ4v) is 3.40. The molecule has 17 heavy (non-hydrogen) atoms. The predicted octanol–water partition coefficient (Wildman–Crippen LogP) is 0.196. The molecule has 1 aliphatic rings. The molecule has 0 aromatic rings. The van der Waals surface area contributed by atoms with Gasteiger partial charge in [-0.15, -0.1) is 0 Å².